The van der Waals surface area contributed by atoms with E-state index >= 15 is 0 Å². The van der Waals surface area contributed by atoms with Crippen LogP contribution in [-0.2, 0) is 22.4 Å². The number of nitrogens with one attached hydrogen (secondary N) is 2. The summed E-state index contributed by atoms with van der Waals surface area (Å²) in [4.78, 5) is 26.3. The lowest BCUT2D eigenvalue weighted by Crippen LogP contribution is -2.59. The Hall–Kier alpha value is -2.90. The summed E-state index contributed by atoms with van der Waals surface area (Å²) in [6, 6.07) is 6.01. The lowest BCUT2D eigenvalue weighted by atomic mass is 10.0. The zero-order chi connectivity index (χ0) is 18.1. The Morgan fingerprint density at radius 1 is 1.38 bits per heavy atom. The molecule has 2 unspecified atom stereocenters. The second-order valence-corrected chi connectivity index (χ2v) is 6.60. The van der Waals surface area contributed by atoms with E-state index in [2.05, 4.69) is 15.5 Å². The molecule has 4 rings (SSSR count). The van der Waals surface area contributed by atoms with Crippen LogP contribution in [0.3, 0.4) is 0 Å². The van der Waals surface area contributed by atoms with Crippen molar-refractivity contribution in [2.24, 2.45) is 0 Å². The highest BCUT2D eigenvalue weighted by Crippen LogP contribution is 2.31. The van der Waals surface area contributed by atoms with Crippen molar-refractivity contribution in [2.75, 3.05) is 13.1 Å². The third kappa shape index (κ3) is 3.26. The maximum Gasteiger partial charge on any atom is 0.264 e. The highest BCUT2D eigenvalue weighted by molar-refractivity contribution is 5.84. The van der Waals surface area contributed by atoms with Gasteiger partial charge in [-0.25, -0.2) is 4.39 Å². The van der Waals surface area contributed by atoms with Gasteiger partial charge in [-0.15, -0.1) is 0 Å². The molecule has 2 amide bonds. The number of nitrogens with zero attached hydrogens (tertiary/aromatic N) is 2. The van der Waals surface area contributed by atoms with Crippen LogP contribution in [0.2, 0.25) is 0 Å². The summed E-state index contributed by atoms with van der Waals surface area (Å²) in [7, 11) is 0. The Morgan fingerprint density at radius 3 is 3.00 bits per heavy atom. The molecule has 2 aliphatic heterocycles. The van der Waals surface area contributed by atoms with Crippen LogP contribution >= 0.6 is 0 Å². The monoisotopic (exact) mass is 358 g/mol. The molecule has 8 heteroatoms. The molecule has 2 N–H and O–H groups in total. The van der Waals surface area contributed by atoms with Crippen molar-refractivity contribution in [3.63, 3.8) is 0 Å². The Labute approximate surface area is 149 Å². The molecular weight excluding hydrogens is 339 g/mol. The van der Waals surface area contributed by atoms with E-state index in [4.69, 9.17) is 4.74 Å². The number of aromatic amines is 1. The van der Waals surface area contributed by atoms with Crippen LogP contribution in [0, 0.1) is 5.82 Å². The molecule has 1 aromatic heterocycles. The summed E-state index contributed by atoms with van der Waals surface area (Å²) in [6.45, 7) is 1.05. The minimum Gasteiger partial charge on any atom is -0.480 e. The van der Waals surface area contributed by atoms with E-state index in [1.165, 1.54) is 12.1 Å². The largest absolute Gasteiger partial charge is 0.480 e. The number of rotatable bonds is 5. The molecule has 2 aliphatic rings. The molecule has 26 heavy (non-hydrogen) atoms. The quantitative estimate of drug-likeness (QED) is 0.828. The van der Waals surface area contributed by atoms with Crippen LogP contribution in [0.5, 0.6) is 5.75 Å². The van der Waals surface area contributed by atoms with Crippen molar-refractivity contribution >= 4 is 11.8 Å². The van der Waals surface area contributed by atoms with Gasteiger partial charge in [0.05, 0.1) is 12.5 Å². The Bertz CT molecular complexity index is 824. The van der Waals surface area contributed by atoms with E-state index in [0.717, 1.165) is 12.1 Å². The van der Waals surface area contributed by atoms with E-state index < -0.39 is 6.10 Å². The number of hydrogen-bond donors (Lipinski definition) is 2. The van der Waals surface area contributed by atoms with Crippen LogP contribution in [0.1, 0.15) is 17.7 Å². The normalized spacial score (nSPS) is 20.9. The summed E-state index contributed by atoms with van der Waals surface area (Å²) in [5.74, 6) is 0.00570. The molecule has 2 atom stereocenters. The fraction of sp³-hybridized carbons (Fsp3) is 0.389. The number of hydrogen-bond acceptors (Lipinski definition) is 4. The first kappa shape index (κ1) is 16.6. The van der Waals surface area contributed by atoms with Gasteiger partial charge in [0.2, 0.25) is 5.91 Å². The third-order valence-corrected chi connectivity index (χ3v) is 4.84. The summed E-state index contributed by atoms with van der Waals surface area (Å²) in [5, 5.41) is 9.40. The number of likely N-dealkylation sites (tertiary alicyclic amines) is 1. The number of halogens is 1. The van der Waals surface area contributed by atoms with Crippen molar-refractivity contribution in [1.82, 2.24) is 20.4 Å². The zero-order valence-electron chi connectivity index (χ0n) is 14.1. The average Bonchev–Trinajstić information content (AvgIpc) is 3.22. The predicted octanol–water partition coefficient (Wildman–Crippen LogP) is 0.812. The van der Waals surface area contributed by atoms with Gasteiger partial charge in [0.15, 0.2) is 6.10 Å². The number of aromatic nitrogens is 2. The molecule has 3 heterocycles. The fourth-order valence-electron chi connectivity index (χ4n) is 3.33. The molecule has 136 valence electrons. The molecule has 0 saturated carbocycles. The number of carbonyl (C=O) groups excluding carboxylic acids is 2. The number of fused-ring (bicyclic) bond motifs is 1. The van der Waals surface area contributed by atoms with Crippen molar-refractivity contribution in [1.29, 1.82) is 0 Å². The first-order chi connectivity index (χ1) is 12.6. The first-order valence-corrected chi connectivity index (χ1v) is 8.60. The molecular formula is C18H19FN4O3. The summed E-state index contributed by atoms with van der Waals surface area (Å²) >= 11 is 0. The minimum absolute atomic E-state index is 0.0303. The summed E-state index contributed by atoms with van der Waals surface area (Å²) in [6.07, 6.45) is 2.43. The molecule has 7 nitrogen and oxygen atoms in total. The van der Waals surface area contributed by atoms with Crippen LogP contribution in [0.15, 0.2) is 30.5 Å². The van der Waals surface area contributed by atoms with Crippen LogP contribution in [0.4, 0.5) is 4.39 Å². The van der Waals surface area contributed by atoms with Crippen LogP contribution < -0.4 is 10.1 Å². The molecule has 0 radical (unpaired) electrons. The summed E-state index contributed by atoms with van der Waals surface area (Å²) < 4.78 is 19.0. The Kier molecular flexibility index (Phi) is 4.32. The first-order valence-electron chi connectivity index (χ1n) is 8.60. The molecule has 0 spiro atoms. The predicted molar refractivity (Wildman–Crippen MR) is 89.9 cm³/mol. The van der Waals surface area contributed by atoms with Gasteiger partial charge in [0, 0.05) is 37.0 Å². The van der Waals surface area contributed by atoms with Crippen LogP contribution in [0.25, 0.3) is 0 Å². The summed E-state index contributed by atoms with van der Waals surface area (Å²) in [5.41, 5.74) is 1.46. The smallest absolute Gasteiger partial charge is 0.264 e. The maximum atomic E-state index is 13.3. The number of amides is 2. The van der Waals surface area contributed by atoms with Gasteiger partial charge in [-0.05, 0) is 30.7 Å². The number of benzene rings is 1. The van der Waals surface area contributed by atoms with Gasteiger partial charge < -0.3 is 15.0 Å². The van der Waals surface area contributed by atoms with Gasteiger partial charge in [-0.2, -0.15) is 5.10 Å². The third-order valence-electron chi connectivity index (χ3n) is 4.84. The van der Waals surface area contributed by atoms with E-state index in [1.54, 1.807) is 23.2 Å². The fourth-order valence-corrected chi connectivity index (χ4v) is 3.33. The topological polar surface area (TPSA) is 87.3 Å². The van der Waals surface area contributed by atoms with Gasteiger partial charge >= 0.3 is 0 Å². The zero-order valence-corrected chi connectivity index (χ0v) is 14.1. The van der Waals surface area contributed by atoms with Crippen molar-refractivity contribution in [2.45, 2.75) is 31.4 Å². The molecule has 0 bridgehead atoms. The van der Waals surface area contributed by atoms with Crippen LogP contribution in [-0.4, -0.2) is 52.1 Å². The molecule has 0 aliphatic carbocycles. The van der Waals surface area contributed by atoms with Crippen molar-refractivity contribution < 1.29 is 18.7 Å². The highest BCUT2D eigenvalue weighted by atomic mass is 19.1. The SMILES string of the molecule is O=C(Cc1ccn[nH]1)NCC1CCN1C(=O)C1Cc2cc(F)ccc2O1. The number of H-pyrrole nitrogens is 1. The van der Waals surface area contributed by atoms with Crippen molar-refractivity contribution in [3.05, 3.63) is 47.5 Å². The lowest BCUT2D eigenvalue weighted by Gasteiger charge is -2.42. The molecule has 1 saturated heterocycles. The van der Waals surface area contributed by atoms with E-state index in [-0.39, 0.29) is 30.1 Å². The maximum absolute atomic E-state index is 13.3. The molecule has 1 fully saturated rings. The van der Waals surface area contributed by atoms with Gasteiger partial charge in [-0.1, -0.05) is 0 Å². The van der Waals surface area contributed by atoms with Crippen molar-refractivity contribution in [3.8, 4) is 5.75 Å². The Balaban J connectivity index is 1.29. The van der Waals surface area contributed by atoms with Gasteiger partial charge in [-0.3, -0.25) is 14.7 Å². The lowest BCUT2D eigenvalue weighted by molar-refractivity contribution is -0.146. The highest BCUT2D eigenvalue weighted by Gasteiger charge is 2.39. The number of carbonyl (C=O) groups is 2. The van der Waals surface area contributed by atoms with E-state index in [9.17, 15) is 14.0 Å². The molecule has 2 aromatic rings. The second kappa shape index (κ2) is 6.78. The standard InChI is InChI=1S/C18H19FN4O3/c19-12-1-2-15-11(7-12)8-16(26-15)18(25)23-6-4-14(23)10-20-17(24)9-13-3-5-21-22-13/h1-3,5,7,14,16H,4,6,8-10H2,(H,20,24)(H,21,22). The number of ether oxygens (including phenoxy) is 1. The minimum atomic E-state index is -0.615. The Morgan fingerprint density at radius 2 is 2.27 bits per heavy atom. The van der Waals surface area contributed by atoms with Gasteiger partial charge in [0.1, 0.15) is 11.6 Å². The van der Waals surface area contributed by atoms with Gasteiger partial charge in [0.25, 0.3) is 5.91 Å². The average molecular weight is 358 g/mol. The molecule has 1 aromatic carbocycles. The van der Waals surface area contributed by atoms with E-state index in [1.807, 2.05) is 0 Å². The second-order valence-electron chi connectivity index (χ2n) is 6.60. The van der Waals surface area contributed by atoms with E-state index in [0.29, 0.717) is 30.8 Å².